The number of hydrogen-bond acceptors (Lipinski definition) is 5. The lowest BCUT2D eigenvalue weighted by Gasteiger charge is -2.07. The normalized spacial score (nSPS) is 10.3. The number of nitrogens with one attached hydrogen (secondary N) is 1. The molecule has 0 amide bonds. The monoisotopic (exact) mass is 315 g/mol. The van der Waals surface area contributed by atoms with Gasteiger partial charge in [-0.3, -0.25) is 0 Å². The molecule has 21 heavy (non-hydrogen) atoms. The van der Waals surface area contributed by atoms with Crippen molar-refractivity contribution in [2.45, 2.75) is 0 Å². The first-order valence-corrected chi connectivity index (χ1v) is 6.68. The van der Waals surface area contributed by atoms with Crippen molar-refractivity contribution in [1.82, 2.24) is 15.0 Å². The summed E-state index contributed by atoms with van der Waals surface area (Å²) in [6, 6.07) is 10.7. The van der Waals surface area contributed by atoms with Crippen LogP contribution in [0, 0.1) is 11.3 Å². The van der Waals surface area contributed by atoms with Crippen LogP contribution < -0.4 is 5.32 Å². The zero-order valence-electron chi connectivity index (χ0n) is 10.5. The summed E-state index contributed by atoms with van der Waals surface area (Å²) in [7, 11) is 0. The molecule has 0 aliphatic rings. The molecule has 3 aromatic rings. The number of nitriles is 1. The molecule has 2 aromatic heterocycles. The van der Waals surface area contributed by atoms with Gasteiger partial charge in [-0.25, -0.2) is 15.0 Å². The number of fused-ring (bicyclic) bond motifs is 1. The standard InChI is InChI=1S/C14H7Cl2N5/c15-12-10-5-6-18-13(16)11(10)20-14(21-12)19-9-3-1-8(7-17)2-4-9/h1-6H,(H,19,20,21). The fourth-order valence-corrected chi connectivity index (χ4v) is 2.23. The van der Waals surface area contributed by atoms with Gasteiger partial charge in [-0.2, -0.15) is 5.26 Å². The number of anilines is 2. The molecule has 0 fully saturated rings. The maximum absolute atomic E-state index is 8.77. The number of nitrogens with zero attached hydrogens (tertiary/aromatic N) is 4. The molecule has 0 aliphatic heterocycles. The van der Waals surface area contributed by atoms with Gasteiger partial charge in [-0.15, -0.1) is 0 Å². The van der Waals surface area contributed by atoms with Crippen molar-refractivity contribution in [3.8, 4) is 6.07 Å². The molecule has 0 saturated carbocycles. The van der Waals surface area contributed by atoms with Crippen molar-refractivity contribution < 1.29 is 0 Å². The molecule has 0 bridgehead atoms. The van der Waals surface area contributed by atoms with E-state index in [1.165, 1.54) is 0 Å². The Morgan fingerprint density at radius 1 is 1.00 bits per heavy atom. The van der Waals surface area contributed by atoms with E-state index in [1.54, 1.807) is 36.5 Å². The van der Waals surface area contributed by atoms with E-state index in [2.05, 4.69) is 26.3 Å². The Labute approximate surface area is 130 Å². The number of pyridine rings is 1. The Hall–Kier alpha value is -2.42. The van der Waals surface area contributed by atoms with Gasteiger partial charge in [0.1, 0.15) is 10.7 Å². The molecule has 3 rings (SSSR count). The van der Waals surface area contributed by atoms with E-state index < -0.39 is 0 Å². The zero-order valence-corrected chi connectivity index (χ0v) is 12.0. The van der Waals surface area contributed by atoms with Crippen molar-refractivity contribution in [1.29, 1.82) is 5.26 Å². The quantitative estimate of drug-likeness (QED) is 0.572. The Kier molecular flexibility index (Phi) is 3.57. The van der Waals surface area contributed by atoms with E-state index >= 15 is 0 Å². The molecule has 102 valence electrons. The second-order valence-corrected chi connectivity index (χ2v) is 4.87. The van der Waals surface area contributed by atoms with Crippen molar-refractivity contribution in [3.63, 3.8) is 0 Å². The summed E-state index contributed by atoms with van der Waals surface area (Å²) < 4.78 is 0. The van der Waals surface area contributed by atoms with E-state index in [-0.39, 0.29) is 5.15 Å². The molecule has 0 radical (unpaired) electrons. The smallest absolute Gasteiger partial charge is 0.229 e. The number of rotatable bonds is 2. The summed E-state index contributed by atoms with van der Waals surface area (Å²) in [6.45, 7) is 0. The highest BCUT2D eigenvalue weighted by Crippen LogP contribution is 2.26. The van der Waals surface area contributed by atoms with Crippen LogP contribution in [-0.2, 0) is 0 Å². The van der Waals surface area contributed by atoms with Crippen LogP contribution in [0.5, 0.6) is 0 Å². The predicted molar refractivity (Wildman–Crippen MR) is 81.8 cm³/mol. The molecule has 0 saturated heterocycles. The second kappa shape index (κ2) is 5.52. The van der Waals surface area contributed by atoms with Gasteiger partial charge in [-0.05, 0) is 30.3 Å². The largest absolute Gasteiger partial charge is 0.324 e. The fraction of sp³-hybridized carbons (Fsp3) is 0. The highest BCUT2D eigenvalue weighted by atomic mass is 35.5. The SMILES string of the molecule is N#Cc1ccc(Nc2nc(Cl)c3ccnc(Cl)c3n2)cc1. The lowest BCUT2D eigenvalue weighted by atomic mass is 10.2. The van der Waals surface area contributed by atoms with Crippen molar-refractivity contribution in [3.05, 3.63) is 52.4 Å². The van der Waals surface area contributed by atoms with Gasteiger partial charge >= 0.3 is 0 Å². The number of halogens is 2. The van der Waals surface area contributed by atoms with Gasteiger partial charge in [0.05, 0.1) is 11.6 Å². The third kappa shape index (κ3) is 2.72. The van der Waals surface area contributed by atoms with E-state index in [1.807, 2.05) is 0 Å². The molecule has 5 nitrogen and oxygen atoms in total. The number of aromatic nitrogens is 3. The minimum atomic E-state index is 0.264. The van der Waals surface area contributed by atoms with Crippen LogP contribution >= 0.6 is 23.2 Å². The molecule has 0 atom stereocenters. The van der Waals surface area contributed by atoms with Gasteiger partial charge in [0.2, 0.25) is 5.95 Å². The first-order chi connectivity index (χ1) is 10.2. The van der Waals surface area contributed by atoms with Gasteiger partial charge in [-0.1, -0.05) is 23.2 Å². The van der Waals surface area contributed by atoms with E-state index in [9.17, 15) is 0 Å². The maximum atomic E-state index is 8.77. The van der Waals surface area contributed by atoms with Crippen LogP contribution in [0.4, 0.5) is 11.6 Å². The number of hydrogen-bond donors (Lipinski definition) is 1. The lowest BCUT2D eigenvalue weighted by molar-refractivity contribution is 1.20. The van der Waals surface area contributed by atoms with Gasteiger partial charge < -0.3 is 5.32 Å². The summed E-state index contributed by atoms with van der Waals surface area (Å²) in [5, 5.41) is 13.0. The van der Waals surface area contributed by atoms with Crippen LogP contribution in [0.15, 0.2) is 36.5 Å². The minimum Gasteiger partial charge on any atom is -0.324 e. The average molecular weight is 316 g/mol. The molecule has 2 heterocycles. The Morgan fingerprint density at radius 2 is 1.76 bits per heavy atom. The highest BCUT2D eigenvalue weighted by molar-refractivity contribution is 6.37. The van der Waals surface area contributed by atoms with E-state index in [0.29, 0.717) is 27.6 Å². The molecule has 1 N–H and O–H groups in total. The molecule has 0 spiro atoms. The first kappa shape index (κ1) is 13.6. The summed E-state index contributed by atoms with van der Waals surface area (Å²) in [6.07, 6.45) is 1.55. The van der Waals surface area contributed by atoms with Crippen LogP contribution in [0.1, 0.15) is 5.56 Å². The number of benzene rings is 1. The Balaban J connectivity index is 2.00. The van der Waals surface area contributed by atoms with Crippen molar-refractivity contribution >= 4 is 45.7 Å². The summed E-state index contributed by atoms with van der Waals surface area (Å²) in [5.74, 6) is 0.312. The topological polar surface area (TPSA) is 74.5 Å². The van der Waals surface area contributed by atoms with E-state index in [4.69, 9.17) is 28.5 Å². The van der Waals surface area contributed by atoms with Crippen LogP contribution in [0.3, 0.4) is 0 Å². The van der Waals surface area contributed by atoms with Gasteiger partial charge in [0.15, 0.2) is 5.15 Å². The molecule has 0 unspecified atom stereocenters. The maximum Gasteiger partial charge on any atom is 0.229 e. The van der Waals surface area contributed by atoms with Gasteiger partial charge in [0.25, 0.3) is 0 Å². The Morgan fingerprint density at radius 3 is 2.48 bits per heavy atom. The van der Waals surface area contributed by atoms with Crippen molar-refractivity contribution in [2.24, 2.45) is 0 Å². The molecule has 7 heteroatoms. The summed E-state index contributed by atoms with van der Waals surface area (Å²) in [5.41, 5.74) is 1.80. The molecule has 0 aliphatic carbocycles. The summed E-state index contributed by atoms with van der Waals surface area (Å²) in [4.78, 5) is 12.5. The third-order valence-corrected chi connectivity index (χ3v) is 3.36. The van der Waals surface area contributed by atoms with Crippen LogP contribution in [0.25, 0.3) is 10.9 Å². The lowest BCUT2D eigenvalue weighted by Crippen LogP contribution is -1.99. The molecular weight excluding hydrogens is 309 g/mol. The molecular formula is C14H7Cl2N5. The van der Waals surface area contributed by atoms with Crippen molar-refractivity contribution in [2.75, 3.05) is 5.32 Å². The summed E-state index contributed by atoms with van der Waals surface area (Å²) >= 11 is 12.1. The zero-order chi connectivity index (χ0) is 14.8. The fourth-order valence-electron chi connectivity index (χ4n) is 1.80. The minimum absolute atomic E-state index is 0.264. The van der Waals surface area contributed by atoms with Crippen LogP contribution in [-0.4, -0.2) is 15.0 Å². The first-order valence-electron chi connectivity index (χ1n) is 5.92. The molecule has 1 aromatic carbocycles. The Bertz CT molecular complexity index is 856. The predicted octanol–water partition coefficient (Wildman–Crippen LogP) is 3.95. The van der Waals surface area contributed by atoms with Crippen LogP contribution in [0.2, 0.25) is 10.3 Å². The second-order valence-electron chi connectivity index (χ2n) is 4.15. The average Bonchev–Trinajstić information content (AvgIpc) is 2.49. The van der Waals surface area contributed by atoms with E-state index in [0.717, 1.165) is 5.69 Å². The highest BCUT2D eigenvalue weighted by Gasteiger charge is 2.09. The van der Waals surface area contributed by atoms with Gasteiger partial charge in [0, 0.05) is 17.3 Å². The third-order valence-electron chi connectivity index (χ3n) is 2.79.